The lowest BCUT2D eigenvalue weighted by molar-refractivity contribution is -0.137. The quantitative estimate of drug-likeness (QED) is 0.330. The van der Waals surface area contributed by atoms with Crippen LogP contribution in [0.25, 0.3) is 11.1 Å². The minimum absolute atomic E-state index is 0.243. The number of carboxylic acids is 1. The predicted octanol–water partition coefficient (Wildman–Crippen LogP) is 4.65. The van der Waals surface area contributed by atoms with Gasteiger partial charge in [0.2, 0.25) is 0 Å². The maximum absolute atomic E-state index is 10.6. The average molecular weight is 409 g/mol. The van der Waals surface area contributed by atoms with Gasteiger partial charge in [0.15, 0.2) is 0 Å². The van der Waals surface area contributed by atoms with E-state index in [1.165, 1.54) is 0 Å². The van der Waals surface area contributed by atoms with E-state index in [2.05, 4.69) is 39.0 Å². The van der Waals surface area contributed by atoms with Crippen LogP contribution in [0, 0.1) is 0 Å². The maximum Gasteiger partial charge on any atom is 0.303 e. The molecule has 0 saturated carbocycles. The molecule has 0 bridgehead atoms. The Morgan fingerprint density at radius 1 is 0.800 bits per heavy atom. The highest BCUT2D eigenvalue weighted by molar-refractivity contribution is 5.66. The Bertz CT molecular complexity index is 859. The van der Waals surface area contributed by atoms with Gasteiger partial charge >= 0.3 is 5.97 Å². The number of hydrogen-bond donors (Lipinski definition) is 3. The molecule has 7 heteroatoms. The standard InChI is InChI=1S/C23H25N3O2.H3NO/c27-23(28)13-6-1-2-9-17-26(21-12-7-8-16-24-21)22-15-14-20(18-25-22)19-10-4-3-5-11-19;1-2/h3-5,7-8,10-12,14-16,18H,1-2,6,9,13,17H2,(H,27,28);2H,1H2. The lowest BCUT2D eigenvalue weighted by Crippen LogP contribution is -2.20. The highest BCUT2D eigenvalue weighted by atomic mass is 16.4. The molecule has 3 rings (SSSR count). The van der Waals surface area contributed by atoms with Gasteiger partial charge in [-0.1, -0.05) is 49.2 Å². The van der Waals surface area contributed by atoms with E-state index in [-0.39, 0.29) is 6.42 Å². The lowest BCUT2D eigenvalue weighted by atomic mass is 10.1. The Labute approximate surface area is 176 Å². The van der Waals surface area contributed by atoms with E-state index in [9.17, 15) is 4.79 Å². The van der Waals surface area contributed by atoms with Crippen molar-refractivity contribution in [2.24, 2.45) is 5.90 Å². The van der Waals surface area contributed by atoms with Crippen molar-refractivity contribution in [2.75, 3.05) is 11.4 Å². The van der Waals surface area contributed by atoms with Crippen LogP contribution in [0.4, 0.5) is 11.6 Å². The molecule has 0 aliphatic rings. The molecule has 158 valence electrons. The third-order valence-electron chi connectivity index (χ3n) is 4.58. The van der Waals surface area contributed by atoms with Gasteiger partial charge in [-0.3, -0.25) is 4.79 Å². The van der Waals surface area contributed by atoms with Crippen LogP contribution >= 0.6 is 0 Å². The summed E-state index contributed by atoms with van der Waals surface area (Å²) in [6, 6.07) is 20.2. The number of nitrogens with two attached hydrogens (primary N) is 1. The first kappa shape index (κ1) is 23.0. The highest BCUT2D eigenvalue weighted by Crippen LogP contribution is 2.25. The summed E-state index contributed by atoms with van der Waals surface area (Å²) in [4.78, 5) is 21.9. The summed E-state index contributed by atoms with van der Waals surface area (Å²) in [6.45, 7) is 0.793. The van der Waals surface area contributed by atoms with E-state index in [0.29, 0.717) is 0 Å². The van der Waals surface area contributed by atoms with E-state index in [0.717, 1.165) is 55.0 Å². The van der Waals surface area contributed by atoms with Crippen LogP contribution in [0.5, 0.6) is 0 Å². The number of carbonyl (C=O) groups is 1. The monoisotopic (exact) mass is 408 g/mol. The van der Waals surface area contributed by atoms with Crippen molar-refractivity contribution in [2.45, 2.75) is 32.1 Å². The summed E-state index contributed by atoms with van der Waals surface area (Å²) < 4.78 is 0. The van der Waals surface area contributed by atoms with Crippen molar-refractivity contribution in [3.8, 4) is 11.1 Å². The van der Waals surface area contributed by atoms with Gasteiger partial charge in [-0.2, -0.15) is 0 Å². The summed E-state index contributed by atoms with van der Waals surface area (Å²) in [5.74, 6) is 4.51. The van der Waals surface area contributed by atoms with Crippen molar-refractivity contribution in [3.63, 3.8) is 0 Å². The van der Waals surface area contributed by atoms with Gasteiger partial charge in [-0.15, -0.1) is 0 Å². The number of carboxylic acid groups (broad SMARTS) is 1. The fourth-order valence-electron chi connectivity index (χ4n) is 3.11. The number of rotatable bonds is 10. The number of aliphatic carboxylic acids is 1. The Hall–Kier alpha value is -3.29. The first-order valence-corrected chi connectivity index (χ1v) is 9.92. The molecule has 0 spiro atoms. The predicted molar refractivity (Wildman–Crippen MR) is 118 cm³/mol. The highest BCUT2D eigenvalue weighted by Gasteiger charge is 2.12. The van der Waals surface area contributed by atoms with E-state index < -0.39 is 5.97 Å². The van der Waals surface area contributed by atoms with Crippen LogP contribution in [-0.4, -0.2) is 32.8 Å². The van der Waals surface area contributed by atoms with Gasteiger partial charge in [0.1, 0.15) is 11.6 Å². The minimum Gasteiger partial charge on any atom is -0.481 e. The van der Waals surface area contributed by atoms with Crippen LogP contribution in [0.1, 0.15) is 32.1 Å². The van der Waals surface area contributed by atoms with Gasteiger partial charge in [0.25, 0.3) is 0 Å². The van der Waals surface area contributed by atoms with Gasteiger partial charge in [-0.05, 0) is 42.7 Å². The Kier molecular flexibility index (Phi) is 9.99. The van der Waals surface area contributed by atoms with Crippen molar-refractivity contribution >= 4 is 17.6 Å². The van der Waals surface area contributed by atoms with Crippen LogP contribution < -0.4 is 10.8 Å². The molecule has 0 aliphatic heterocycles. The second-order valence-electron chi connectivity index (χ2n) is 6.67. The second kappa shape index (κ2) is 13.0. The molecule has 2 aromatic heterocycles. The molecule has 1 aromatic carbocycles. The van der Waals surface area contributed by atoms with Crippen LogP contribution in [0.3, 0.4) is 0 Å². The lowest BCUT2D eigenvalue weighted by Gasteiger charge is -2.23. The largest absolute Gasteiger partial charge is 0.481 e. The maximum atomic E-state index is 10.6. The van der Waals surface area contributed by atoms with E-state index >= 15 is 0 Å². The van der Waals surface area contributed by atoms with Crippen molar-refractivity contribution in [1.29, 1.82) is 0 Å². The second-order valence-corrected chi connectivity index (χ2v) is 6.67. The number of anilines is 2. The molecule has 0 saturated heterocycles. The zero-order valence-corrected chi connectivity index (χ0v) is 16.9. The average Bonchev–Trinajstić information content (AvgIpc) is 2.81. The number of pyridine rings is 2. The molecular formula is C23H28N4O3. The molecule has 0 aliphatic carbocycles. The topological polar surface area (TPSA) is 113 Å². The van der Waals surface area contributed by atoms with E-state index in [1.807, 2.05) is 48.7 Å². The van der Waals surface area contributed by atoms with Crippen LogP contribution in [-0.2, 0) is 4.79 Å². The molecule has 0 unspecified atom stereocenters. The molecule has 0 amide bonds. The molecule has 2 heterocycles. The summed E-state index contributed by atoms with van der Waals surface area (Å²) in [5.41, 5.74) is 2.23. The zero-order chi connectivity index (χ0) is 21.6. The van der Waals surface area contributed by atoms with Gasteiger partial charge < -0.3 is 15.2 Å². The Morgan fingerprint density at radius 3 is 2.13 bits per heavy atom. The summed E-state index contributed by atoms with van der Waals surface area (Å²) in [7, 11) is 0. The fourth-order valence-corrected chi connectivity index (χ4v) is 3.11. The van der Waals surface area contributed by atoms with Crippen molar-refractivity contribution in [3.05, 3.63) is 73.1 Å². The van der Waals surface area contributed by atoms with Crippen molar-refractivity contribution in [1.82, 2.24) is 9.97 Å². The van der Waals surface area contributed by atoms with Crippen LogP contribution in [0.15, 0.2) is 73.1 Å². The van der Waals surface area contributed by atoms with Gasteiger partial charge in [-0.25, -0.2) is 15.9 Å². The smallest absolute Gasteiger partial charge is 0.303 e. The Balaban J connectivity index is 0.00000155. The molecule has 0 radical (unpaired) electrons. The minimum atomic E-state index is -0.724. The number of hydrogen-bond acceptors (Lipinski definition) is 6. The number of benzene rings is 1. The molecule has 0 fully saturated rings. The van der Waals surface area contributed by atoms with Gasteiger partial charge in [0, 0.05) is 30.9 Å². The van der Waals surface area contributed by atoms with Gasteiger partial charge in [0.05, 0.1) is 0 Å². The van der Waals surface area contributed by atoms with E-state index in [1.54, 1.807) is 6.20 Å². The normalized spacial score (nSPS) is 10.1. The summed E-state index contributed by atoms with van der Waals surface area (Å²) >= 11 is 0. The first-order valence-electron chi connectivity index (χ1n) is 9.92. The molecule has 30 heavy (non-hydrogen) atoms. The summed E-state index contributed by atoms with van der Waals surface area (Å²) in [5, 5.41) is 15.2. The molecule has 3 aromatic rings. The number of aromatic nitrogens is 2. The molecular weight excluding hydrogens is 380 g/mol. The third kappa shape index (κ3) is 7.27. The molecule has 4 N–H and O–H groups in total. The number of unbranched alkanes of at least 4 members (excludes halogenated alkanes) is 3. The third-order valence-corrected chi connectivity index (χ3v) is 4.58. The van der Waals surface area contributed by atoms with E-state index in [4.69, 9.17) is 10.3 Å². The molecule has 0 atom stereocenters. The zero-order valence-electron chi connectivity index (χ0n) is 16.9. The first-order chi connectivity index (χ1) is 14.7. The Morgan fingerprint density at radius 2 is 1.50 bits per heavy atom. The van der Waals surface area contributed by atoms with Crippen LogP contribution in [0.2, 0.25) is 0 Å². The van der Waals surface area contributed by atoms with Crippen molar-refractivity contribution < 1.29 is 15.1 Å². The fraction of sp³-hybridized carbons (Fsp3) is 0.261. The SMILES string of the molecule is NO.O=C(O)CCCCCCN(c1ccccn1)c1ccc(-c2ccccc2)cn1. The summed E-state index contributed by atoms with van der Waals surface area (Å²) in [6.07, 6.45) is 7.51. The molecule has 7 nitrogen and oxygen atoms in total. The number of nitrogens with zero attached hydrogens (tertiary/aromatic N) is 3.